The number of nitrogens with one attached hydrogen (secondary N) is 1. The second kappa shape index (κ2) is 7.99. The van der Waals surface area contributed by atoms with E-state index in [9.17, 15) is 4.79 Å². The van der Waals surface area contributed by atoms with Crippen LogP contribution in [0.4, 0.5) is 11.6 Å². The molecule has 1 aliphatic heterocycles. The third kappa shape index (κ3) is 3.32. The van der Waals surface area contributed by atoms with Crippen LogP contribution in [0.3, 0.4) is 0 Å². The monoisotopic (exact) mass is 397 g/mol. The highest BCUT2D eigenvalue weighted by molar-refractivity contribution is 7.99. The van der Waals surface area contributed by atoms with Crippen LogP contribution in [0, 0.1) is 0 Å². The maximum absolute atomic E-state index is 12.8. The van der Waals surface area contributed by atoms with Crippen LogP contribution < -0.4 is 10.2 Å². The molecular weight excluding hydrogens is 370 g/mol. The van der Waals surface area contributed by atoms with Crippen molar-refractivity contribution in [1.29, 1.82) is 0 Å². The van der Waals surface area contributed by atoms with E-state index in [-0.39, 0.29) is 11.8 Å². The smallest absolute Gasteiger partial charge is 0.227 e. The molecule has 7 heteroatoms. The van der Waals surface area contributed by atoms with Crippen LogP contribution in [0.2, 0.25) is 0 Å². The molecule has 2 aliphatic rings. The number of ketones is 1. The molecule has 0 unspecified atom stereocenters. The van der Waals surface area contributed by atoms with Crippen LogP contribution in [0.15, 0.2) is 40.7 Å². The topological polar surface area (TPSA) is 63.1 Å². The lowest BCUT2D eigenvalue weighted by atomic mass is 9.85. The number of fused-ring (bicyclic) bond motifs is 1. The number of Topliss-reactive ketones (excluding diaryl/α,β-unsaturated/α-hetero) is 1. The van der Waals surface area contributed by atoms with E-state index in [1.165, 1.54) is 5.69 Å². The first kappa shape index (κ1) is 19.1. The van der Waals surface area contributed by atoms with Gasteiger partial charge in [0.25, 0.3) is 0 Å². The van der Waals surface area contributed by atoms with Crippen LogP contribution in [-0.4, -0.2) is 39.4 Å². The standard InChI is InChI=1S/C21H27N5OS/c1-4-25(5-2)15-12-10-14(11-13-15)19-18-16(8-7-9-17(18)27)22-20-23-21(28-6-3)24-26(19)20/h10-13,19H,4-9H2,1-3H3,(H,22,23,24)/t19-/m0/s1. The van der Waals surface area contributed by atoms with Gasteiger partial charge in [-0.05, 0) is 50.1 Å². The predicted octanol–water partition coefficient (Wildman–Crippen LogP) is 4.26. The molecule has 148 valence electrons. The van der Waals surface area contributed by atoms with Crippen molar-refractivity contribution < 1.29 is 4.79 Å². The second-order valence-electron chi connectivity index (χ2n) is 7.06. The molecule has 4 rings (SSSR count). The van der Waals surface area contributed by atoms with E-state index in [2.05, 4.69) is 60.2 Å². The molecule has 1 atom stereocenters. The van der Waals surface area contributed by atoms with Crippen LogP contribution in [0.5, 0.6) is 0 Å². The summed E-state index contributed by atoms with van der Waals surface area (Å²) in [5.74, 6) is 1.87. The van der Waals surface area contributed by atoms with Gasteiger partial charge in [0.05, 0.1) is 0 Å². The van der Waals surface area contributed by atoms with Gasteiger partial charge in [0.15, 0.2) is 5.78 Å². The Morgan fingerprint density at radius 1 is 1.18 bits per heavy atom. The molecule has 0 amide bonds. The van der Waals surface area contributed by atoms with Crippen LogP contribution in [0.25, 0.3) is 0 Å². The number of carbonyl (C=O) groups excluding carboxylic acids is 1. The molecule has 1 aromatic heterocycles. The van der Waals surface area contributed by atoms with Crippen LogP contribution in [0.1, 0.15) is 51.6 Å². The maximum Gasteiger partial charge on any atom is 0.227 e. The average molecular weight is 398 g/mol. The van der Waals surface area contributed by atoms with E-state index < -0.39 is 0 Å². The molecule has 0 bridgehead atoms. The molecule has 0 fully saturated rings. The number of benzene rings is 1. The fraction of sp³-hybridized carbons (Fsp3) is 0.476. The molecular formula is C21H27N5OS. The highest BCUT2D eigenvalue weighted by Crippen LogP contribution is 2.40. The molecule has 0 spiro atoms. The van der Waals surface area contributed by atoms with Gasteiger partial charge < -0.3 is 10.2 Å². The normalized spacial score (nSPS) is 18.5. The third-order valence-corrected chi connectivity index (χ3v) is 6.18. The van der Waals surface area contributed by atoms with Gasteiger partial charge in [-0.3, -0.25) is 4.79 Å². The summed E-state index contributed by atoms with van der Waals surface area (Å²) in [5, 5.41) is 8.86. The van der Waals surface area contributed by atoms with Crippen molar-refractivity contribution in [3.8, 4) is 0 Å². The van der Waals surface area contributed by atoms with E-state index in [1.54, 1.807) is 11.8 Å². The molecule has 1 aromatic carbocycles. The molecule has 28 heavy (non-hydrogen) atoms. The van der Waals surface area contributed by atoms with Crippen molar-refractivity contribution in [2.45, 2.75) is 51.2 Å². The fourth-order valence-corrected chi connectivity index (χ4v) is 4.65. The summed E-state index contributed by atoms with van der Waals surface area (Å²) in [6.45, 7) is 8.37. The van der Waals surface area contributed by atoms with Gasteiger partial charge in [-0.1, -0.05) is 30.8 Å². The Kier molecular flexibility index (Phi) is 5.44. The minimum absolute atomic E-state index is 0.205. The molecule has 6 nitrogen and oxygen atoms in total. The van der Waals surface area contributed by atoms with Crippen molar-refractivity contribution in [2.24, 2.45) is 0 Å². The summed E-state index contributed by atoms with van der Waals surface area (Å²) in [5.41, 5.74) is 4.15. The highest BCUT2D eigenvalue weighted by atomic mass is 32.2. The first-order valence-electron chi connectivity index (χ1n) is 10.1. The summed E-state index contributed by atoms with van der Waals surface area (Å²) in [7, 11) is 0. The Balaban J connectivity index is 1.78. The highest BCUT2D eigenvalue weighted by Gasteiger charge is 2.36. The molecule has 2 aromatic rings. The van der Waals surface area contributed by atoms with E-state index in [0.717, 1.165) is 59.6 Å². The number of rotatable bonds is 6. The second-order valence-corrected chi connectivity index (χ2v) is 8.29. The van der Waals surface area contributed by atoms with Crippen molar-refractivity contribution in [2.75, 3.05) is 29.1 Å². The third-order valence-electron chi connectivity index (χ3n) is 5.46. The summed E-state index contributed by atoms with van der Waals surface area (Å²) in [6, 6.07) is 8.36. The van der Waals surface area contributed by atoms with Crippen molar-refractivity contribution in [3.63, 3.8) is 0 Å². The first-order chi connectivity index (χ1) is 13.7. The number of thioether (sulfide) groups is 1. The number of hydrogen-bond acceptors (Lipinski definition) is 6. The molecule has 2 heterocycles. The Morgan fingerprint density at radius 3 is 2.61 bits per heavy atom. The average Bonchev–Trinajstić information content (AvgIpc) is 3.10. The lowest BCUT2D eigenvalue weighted by molar-refractivity contribution is -0.116. The predicted molar refractivity (Wildman–Crippen MR) is 114 cm³/mol. The van der Waals surface area contributed by atoms with E-state index in [1.807, 2.05) is 4.68 Å². The van der Waals surface area contributed by atoms with E-state index in [4.69, 9.17) is 5.10 Å². The molecule has 0 saturated heterocycles. The fourth-order valence-electron chi connectivity index (χ4n) is 4.09. The van der Waals surface area contributed by atoms with Gasteiger partial charge in [-0.15, -0.1) is 5.10 Å². The lowest BCUT2D eigenvalue weighted by Crippen LogP contribution is -2.31. The Bertz CT molecular complexity index is 898. The number of carbonyl (C=O) groups is 1. The molecule has 1 N–H and O–H groups in total. The number of anilines is 2. The van der Waals surface area contributed by atoms with Gasteiger partial charge in [0.2, 0.25) is 11.1 Å². The SMILES string of the molecule is CCSc1nc2n(n1)[C@@H](c1ccc(N(CC)CC)cc1)C1=C(CCCC1=O)N2. The summed E-state index contributed by atoms with van der Waals surface area (Å²) in [4.78, 5) is 19.8. The minimum Gasteiger partial charge on any atom is -0.372 e. The van der Waals surface area contributed by atoms with Gasteiger partial charge >= 0.3 is 0 Å². The van der Waals surface area contributed by atoms with E-state index in [0.29, 0.717) is 6.42 Å². The molecule has 0 saturated carbocycles. The maximum atomic E-state index is 12.8. The molecule has 1 aliphatic carbocycles. The van der Waals surface area contributed by atoms with Crippen LogP contribution in [-0.2, 0) is 4.79 Å². The summed E-state index contributed by atoms with van der Waals surface area (Å²) < 4.78 is 1.90. The molecule has 0 radical (unpaired) electrons. The van der Waals surface area contributed by atoms with Gasteiger partial charge in [-0.25, -0.2) is 4.68 Å². The summed E-state index contributed by atoms with van der Waals surface area (Å²) >= 11 is 1.62. The van der Waals surface area contributed by atoms with Gasteiger partial charge in [0, 0.05) is 36.5 Å². The van der Waals surface area contributed by atoms with Gasteiger partial charge in [-0.2, -0.15) is 4.98 Å². The Hall–Kier alpha value is -2.28. The van der Waals surface area contributed by atoms with Crippen LogP contribution >= 0.6 is 11.8 Å². The first-order valence-corrected chi connectivity index (χ1v) is 11.1. The number of aromatic nitrogens is 3. The Morgan fingerprint density at radius 2 is 1.93 bits per heavy atom. The zero-order valence-electron chi connectivity index (χ0n) is 16.7. The van der Waals surface area contributed by atoms with E-state index >= 15 is 0 Å². The summed E-state index contributed by atoms with van der Waals surface area (Å²) in [6.07, 6.45) is 2.39. The Labute approximate surface area is 170 Å². The van der Waals surface area contributed by atoms with Crippen molar-refractivity contribution in [3.05, 3.63) is 41.1 Å². The zero-order chi connectivity index (χ0) is 19.7. The van der Waals surface area contributed by atoms with Gasteiger partial charge in [0.1, 0.15) is 6.04 Å². The number of allylic oxidation sites excluding steroid dienone is 2. The zero-order valence-corrected chi connectivity index (χ0v) is 17.6. The van der Waals surface area contributed by atoms with Crippen molar-refractivity contribution >= 4 is 29.2 Å². The largest absolute Gasteiger partial charge is 0.372 e. The number of nitrogens with zero attached hydrogens (tertiary/aromatic N) is 4. The number of hydrogen-bond donors (Lipinski definition) is 1. The minimum atomic E-state index is -0.205. The lowest BCUT2D eigenvalue weighted by Gasteiger charge is -2.32. The quantitative estimate of drug-likeness (QED) is 0.735. The van der Waals surface area contributed by atoms with Crippen molar-refractivity contribution in [1.82, 2.24) is 14.8 Å².